The molecule has 0 aromatic heterocycles. The minimum absolute atomic E-state index is 0.173. The molecular formula is C12H15NO3. The molecular weight excluding hydrogens is 206 g/mol. The molecule has 4 nitrogen and oxygen atoms in total. The standard InChI is InChI=1S/C12H15NO3/c1-12(2)7-8-4-5-9(6-10(8)16-12)15-11(14)13-3/h4-6H,7H2,1-3H3,(H,13,14). The lowest BCUT2D eigenvalue weighted by Crippen LogP contribution is -2.24. The number of rotatable bonds is 1. The summed E-state index contributed by atoms with van der Waals surface area (Å²) in [6.45, 7) is 4.07. The molecule has 4 heteroatoms. The number of ether oxygens (including phenoxy) is 2. The maximum atomic E-state index is 11.0. The number of fused-ring (bicyclic) bond motifs is 1. The molecule has 1 aromatic rings. The van der Waals surface area contributed by atoms with Crippen molar-refractivity contribution in [3.8, 4) is 11.5 Å². The summed E-state index contributed by atoms with van der Waals surface area (Å²) in [5, 5.41) is 2.40. The van der Waals surface area contributed by atoms with Gasteiger partial charge < -0.3 is 14.8 Å². The molecule has 1 aliphatic rings. The summed E-state index contributed by atoms with van der Waals surface area (Å²) >= 11 is 0. The van der Waals surface area contributed by atoms with E-state index in [1.165, 1.54) is 7.05 Å². The fourth-order valence-electron chi connectivity index (χ4n) is 1.79. The molecule has 0 bridgehead atoms. The number of carbonyl (C=O) groups excluding carboxylic acids is 1. The van der Waals surface area contributed by atoms with E-state index < -0.39 is 6.09 Å². The third-order valence-electron chi connectivity index (χ3n) is 2.46. The molecule has 0 radical (unpaired) electrons. The van der Waals surface area contributed by atoms with Gasteiger partial charge in [0.2, 0.25) is 0 Å². The van der Waals surface area contributed by atoms with Crippen molar-refractivity contribution in [2.45, 2.75) is 25.9 Å². The first-order valence-electron chi connectivity index (χ1n) is 5.22. The summed E-state index contributed by atoms with van der Waals surface area (Å²) in [6, 6.07) is 5.46. The topological polar surface area (TPSA) is 47.6 Å². The summed E-state index contributed by atoms with van der Waals surface area (Å²) in [5.74, 6) is 1.29. The van der Waals surface area contributed by atoms with Crippen LogP contribution in [0.3, 0.4) is 0 Å². The van der Waals surface area contributed by atoms with E-state index in [-0.39, 0.29) is 5.60 Å². The van der Waals surface area contributed by atoms with Gasteiger partial charge in [-0.15, -0.1) is 0 Å². The van der Waals surface area contributed by atoms with Crippen LogP contribution in [-0.4, -0.2) is 18.7 Å². The SMILES string of the molecule is CNC(=O)Oc1ccc2c(c1)OC(C)(C)C2. The molecule has 0 saturated carbocycles. The fourth-order valence-corrected chi connectivity index (χ4v) is 1.79. The van der Waals surface area contributed by atoms with Gasteiger partial charge in [-0.1, -0.05) is 6.07 Å². The lowest BCUT2D eigenvalue weighted by atomic mass is 10.0. The van der Waals surface area contributed by atoms with Crippen LogP contribution in [0.1, 0.15) is 19.4 Å². The van der Waals surface area contributed by atoms with Crippen LogP contribution in [0.4, 0.5) is 4.79 Å². The Hall–Kier alpha value is -1.71. The van der Waals surface area contributed by atoms with Gasteiger partial charge in [0.1, 0.15) is 17.1 Å². The van der Waals surface area contributed by atoms with E-state index >= 15 is 0 Å². The zero-order valence-corrected chi connectivity index (χ0v) is 9.66. The summed E-state index contributed by atoms with van der Waals surface area (Å²) < 4.78 is 10.8. The third-order valence-corrected chi connectivity index (χ3v) is 2.46. The van der Waals surface area contributed by atoms with Crippen molar-refractivity contribution < 1.29 is 14.3 Å². The number of carbonyl (C=O) groups is 1. The van der Waals surface area contributed by atoms with Gasteiger partial charge in [-0.2, -0.15) is 0 Å². The van der Waals surface area contributed by atoms with Crippen molar-refractivity contribution in [3.63, 3.8) is 0 Å². The maximum absolute atomic E-state index is 11.0. The van der Waals surface area contributed by atoms with Gasteiger partial charge >= 0.3 is 6.09 Å². The molecule has 0 spiro atoms. The molecule has 0 unspecified atom stereocenters. The monoisotopic (exact) mass is 221 g/mol. The maximum Gasteiger partial charge on any atom is 0.412 e. The Balaban J connectivity index is 2.19. The smallest absolute Gasteiger partial charge is 0.412 e. The van der Waals surface area contributed by atoms with Crippen LogP contribution in [0.15, 0.2) is 18.2 Å². The second-order valence-electron chi connectivity index (χ2n) is 4.45. The lowest BCUT2D eigenvalue weighted by molar-refractivity contribution is 0.138. The zero-order valence-electron chi connectivity index (χ0n) is 9.66. The highest BCUT2D eigenvalue weighted by Crippen LogP contribution is 2.37. The van der Waals surface area contributed by atoms with E-state index in [1.54, 1.807) is 12.1 Å². The van der Waals surface area contributed by atoms with Crippen LogP contribution < -0.4 is 14.8 Å². The fraction of sp³-hybridized carbons (Fsp3) is 0.417. The molecule has 16 heavy (non-hydrogen) atoms. The van der Waals surface area contributed by atoms with E-state index in [4.69, 9.17) is 9.47 Å². The second kappa shape index (κ2) is 3.70. The Labute approximate surface area is 94.6 Å². The Morgan fingerprint density at radius 1 is 1.50 bits per heavy atom. The average Bonchev–Trinajstić information content (AvgIpc) is 2.51. The minimum atomic E-state index is -0.475. The van der Waals surface area contributed by atoms with Crippen molar-refractivity contribution in [1.29, 1.82) is 0 Å². The number of nitrogens with one attached hydrogen (secondary N) is 1. The summed E-state index contributed by atoms with van der Waals surface area (Å²) in [5.41, 5.74) is 0.975. The second-order valence-corrected chi connectivity index (χ2v) is 4.45. The van der Waals surface area contributed by atoms with Crippen LogP contribution >= 0.6 is 0 Å². The third kappa shape index (κ3) is 2.10. The first kappa shape index (κ1) is 10.8. The Morgan fingerprint density at radius 2 is 2.25 bits per heavy atom. The van der Waals surface area contributed by atoms with Gasteiger partial charge in [0, 0.05) is 19.5 Å². The van der Waals surface area contributed by atoms with Gasteiger partial charge in [-0.25, -0.2) is 4.79 Å². The normalized spacial score (nSPS) is 16.2. The molecule has 86 valence electrons. The summed E-state index contributed by atoms with van der Waals surface area (Å²) in [6.07, 6.45) is 0.403. The Bertz CT molecular complexity index is 426. The lowest BCUT2D eigenvalue weighted by Gasteiger charge is -2.16. The van der Waals surface area contributed by atoms with Gasteiger partial charge in [-0.3, -0.25) is 0 Å². The molecule has 0 fully saturated rings. The highest BCUT2D eigenvalue weighted by molar-refractivity contribution is 5.70. The van der Waals surface area contributed by atoms with Crippen molar-refractivity contribution >= 4 is 6.09 Å². The van der Waals surface area contributed by atoms with Crippen molar-refractivity contribution in [3.05, 3.63) is 23.8 Å². The molecule has 1 amide bonds. The summed E-state index contributed by atoms with van der Waals surface area (Å²) in [4.78, 5) is 11.0. The average molecular weight is 221 g/mol. The van der Waals surface area contributed by atoms with Crippen LogP contribution in [0.25, 0.3) is 0 Å². The van der Waals surface area contributed by atoms with Crippen molar-refractivity contribution in [1.82, 2.24) is 5.32 Å². The Morgan fingerprint density at radius 3 is 2.94 bits per heavy atom. The molecule has 0 atom stereocenters. The molecule has 1 aromatic carbocycles. The highest BCUT2D eigenvalue weighted by atomic mass is 16.6. The molecule has 0 saturated heterocycles. The van der Waals surface area contributed by atoms with E-state index in [1.807, 2.05) is 19.9 Å². The number of hydrogen-bond acceptors (Lipinski definition) is 3. The van der Waals surface area contributed by atoms with E-state index in [2.05, 4.69) is 5.32 Å². The largest absolute Gasteiger partial charge is 0.487 e. The van der Waals surface area contributed by atoms with Crippen molar-refractivity contribution in [2.75, 3.05) is 7.05 Å². The zero-order chi connectivity index (χ0) is 11.8. The van der Waals surface area contributed by atoms with Gasteiger partial charge in [0.25, 0.3) is 0 Å². The number of amides is 1. The molecule has 1 aliphatic heterocycles. The van der Waals surface area contributed by atoms with Crippen LogP contribution in [-0.2, 0) is 6.42 Å². The minimum Gasteiger partial charge on any atom is -0.487 e. The molecule has 2 rings (SSSR count). The van der Waals surface area contributed by atoms with Crippen LogP contribution in [0.5, 0.6) is 11.5 Å². The predicted molar refractivity (Wildman–Crippen MR) is 59.9 cm³/mol. The van der Waals surface area contributed by atoms with E-state index in [0.29, 0.717) is 5.75 Å². The van der Waals surface area contributed by atoms with Crippen LogP contribution in [0, 0.1) is 0 Å². The van der Waals surface area contributed by atoms with Gasteiger partial charge in [0.15, 0.2) is 0 Å². The van der Waals surface area contributed by atoms with Crippen molar-refractivity contribution in [2.24, 2.45) is 0 Å². The highest BCUT2D eigenvalue weighted by Gasteiger charge is 2.30. The predicted octanol–water partition coefficient (Wildman–Crippen LogP) is 2.12. The quantitative estimate of drug-likeness (QED) is 0.790. The van der Waals surface area contributed by atoms with Crippen LogP contribution in [0.2, 0.25) is 0 Å². The molecule has 1 N–H and O–H groups in total. The van der Waals surface area contributed by atoms with Gasteiger partial charge in [-0.05, 0) is 25.5 Å². The Kier molecular flexibility index (Phi) is 2.50. The molecule has 0 aliphatic carbocycles. The number of hydrogen-bond donors (Lipinski definition) is 1. The molecule has 1 heterocycles. The number of benzene rings is 1. The summed E-state index contributed by atoms with van der Waals surface area (Å²) in [7, 11) is 1.52. The van der Waals surface area contributed by atoms with Gasteiger partial charge in [0.05, 0.1) is 0 Å². The van der Waals surface area contributed by atoms with E-state index in [0.717, 1.165) is 17.7 Å². The first-order valence-corrected chi connectivity index (χ1v) is 5.22. The van der Waals surface area contributed by atoms with E-state index in [9.17, 15) is 4.79 Å². The first-order chi connectivity index (χ1) is 7.50.